The van der Waals surface area contributed by atoms with Crippen molar-refractivity contribution < 1.29 is 14.5 Å². The minimum absolute atomic E-state index is 0.0605. The Morgan fingerprint density at radius 3 is 2.48 bits per heavy atom. The van der Waals surface area contributed by atoms with Crippen molar-refractivity contribution in [2.45, 2.75) is 6.54 Å². The number of carbonyl (C=O) groups excluding carboxylic acids is 1. The van der Waals surface area contributed by atoms with Gasteiger partial charge in [0.1, 0.15) is 5.75 Å². The van der Waals surface area contributed by atoms with Crippen LogP contribution in [0.4, 0.5) is 5.69 Å². The average Bonchev–Trinajstić information content (AvgIpc) is 2.56. The highest BCUT2D eigenvalue weighted by atomic mass is 35.5. The Kier molecular flexibility index (Phi) is 5.18. The molecule has 2 aromatic rings. The van der Waals surface area contributed by atoms with Crippen molar-refractivity contribution in [2.24, 2.45) is 0 Å². The van der Waals surface area contributed by atoms with E-state index >= 15 is 0 Å². The Morgan fingerprint density at radius 1 is 1.26 bits per heavy atom. The van der Waals surface area contributed by atoms with Crippen molar-refractivity contribution in [3.8, 4) is 5.75 Å². The molecule has 0 aliphatic carbocycles. The summed E-state index contributed by atoms with van der Waals surface area (Å²) in [5.74, 6) is 0.446. The summed E-state index contributed by atoms with van der Waals surface area (Å²) in [7, 11) is 3.16. The van der Waals surface area contributed by atoms with Crippen molar-refractivity contribution in [3.05, 3.63) is 68.7 Å². The van der Waals surface area contributed by atoms with Crippen LogP contribution in [0.3, 0.4) is 0 Å². The van der Waals surface area contributed by atoms with Gasteiger partial charge >= 0.3 is 0 Å². The normalized spacial score (nSPS) is 10.2. The largest absolute Gasteiger partial charge is 0.497 e. The minimum Gasteiger partial charge on any atom is -0.497 e. The standard InChI is InChI=1S/C16H15ClN2O4/c1-18(16(20)11-3-6-14(23-2)7-4-11)10-12-9-13(19(21)22)5-8-15(12)17/h3-9H,10H2,1-2H3. The van der Waals surface area contributed by atoms with Gasteiger partial charge in [0.05, 0.1) is 12.0 Å². The van der Waals surface area contributed by atoms with Crippen molar-refractivity contribution in [1.29, 1.82) is 0 Å². The number of hydrogen-bond acceptors (Lipinski definition) is 4. The van der Waals surface area contributed by atoms with Crippen molar-refractivity contribution >= 4 is 23.2 Å². The van der Waals surface area contributed by atoms with E-state index in [4.69, 9.17) is 16.3 Å². The van der Waals surface area contributed by atoms with Crippen molar-refractivity contribution in [3.63, 3.8) is 0 Å². The molecular weight excluding hydrogens is 320 g/mol. The van der Waals surface area contributed by atoms with Crippen LogP contribution in [0, 0.1) is 10.1 Å². The molecule has 7 heteroatoms. The van der Waals surface area contributed by atoms with Gasteiger partial charge in [0.2, 0.25) is 0 Å². The molecule has 0 saturated heterocycles. The van der Waals surface area contributed by atoms with Crippen LogP contribution < -0.4 is 4.74 Å². The fourth-order valence-electron chi connectivity index (χ4n) is 2.08. The van der Waals surface area contributed by atoms with Crippen LogP contribution in [0.15, 0.2) is 42.5 Å². The van der Waals surface area contributed by atoms with E-state index < -0.39 is 4.92 Å². The van der Waals surface area contributed by atoms with Gasteiger partial charge in [-0.25, -0.2) is 0 Å². The predicted molar refractivity (Wildman–Crippen MR) is 86.9 cm³/mol. The summed E-state index contributed by atoms with van der Waals surface area (Å²) >= 11 is 6.06. The number of nitro groups is 1. The van der Waals surface area contributed by atoms with E-state index in [0.717, 1.165) is 0 Å². The highest BCUT2D eigenvalue weighted by Gasteiger charge is 2.16. The quantitative estimate of drug-likeness (QED) is 0.619. The average molecular weight is 335 g/mol. The molecule has 0 aromatic heterocycles. The molecule has 0 N–H and O–H groups in total. The Balaban J connectivity index is 2.17. The van der Waals surface area contributed by atoms with Crippen LogP contribution in [0.25, 0.3) is 0 Å². The Morgan fingerprint density at radius 2 is 1.91 bits per heavy atom. The van der Waals surface area contributed by atoms with Crippen LogP contribution in [-0.2, 0) is 6.54 Å². The molecule has 0 aliphatic heterocycles. The lowest BCUT2D eigenvalue weighted by molar-refractivity contribution is -0.384. The van der Waals surface area contributed by atoms with Gasteiger partial charge in [-0.1, -0.05) is 11.6 Å². The molecule has 0 aliphatic rings. The molecule has 0 spiro atoms. The highest BCUT2D eigenvalue weighted by Crippen LogP contribution is 2.23. The lowest BCUT2D eigenvalue weighted by Crippen LogP contribution is -2.26. The van der Waals surface area contributed by atoms with Crippen LogP contribution in [0.5, 0.6) is 5.75 Å². The molecule has 2 rings (SSSR count). The lowest BCUT2D eigenvalue weighted by atomic mass is 10.1. The number of halogens is 1. The first-order valence-corrected chi connectivity index (χ1v) is 7.12. The summed E-state index contributed by atoms with van der Waals surface area (Å²) in [6, 6.07) is 10.9. The first kappa shape index (κ1) is 16.8. The second-order valence-corrected chi connectivity index (χ2v) is 5.33. The van der Waals surface area contributed by atoms with E-state index in [1.807, 2.05) is 0 Å². The maximum absolute atomic E-state index is 12.4. The maximum Gasteiger partial charge on any atom is 0.269 e. The van der Waals surface area contributed by atoms with Gasteiger partial charge in [0, 0.05) is 36.3 Å². The lowest BCUT2D eigenvalue weighted by Gasteiger charge is -2.18. The van der Waals surface area contributed by atoms with Gasteiger partial charge < -0.3 is 9.64 Å². The predicted octanol–water partition coefficient (Wildman–Crippen LogP) is 3.53. The molecule has 0 radical (unpaired) electrons. The number of carbonyl (C=O) groups is 1. The molecule has 0 fully saturated rings. The number of rotatable bonds is 5. The van der Waals surface area contributed by atoms with E-state index in [1.165, 1.54) is 23.1 Å². The van der Waals surface area contributed by atoms with Gasteiger partial charge in [-0.3, -0.25) is 14.9 Å². The van der Waals surface area contributed by atoms with Gasteiger partial charge in [0.15, 0.2) is 0 Å². The third-order valence-electron chi connectivity index (χ3n) is 3.33. The minimum atomic E-state index is -0.495. The van der Waals surface area contributed by atoms with E-state index in [9.17, 15) is 14.9 Å². The van der Waals surface area contributed by atoms with Crippen molar-refractivity contribution in [1.82, 2.24) is 4.90 Å². The topological polar surface area (TPSA) is 72.7 Å². The number of benzene rings is 2. The number of hydrogen-bond donors (Lipinski definition) is 0. The van der Waals surface area contributed by atoms with Crippen molar-refractivity contribution in [2.75, 3.05) is 14.2 Å². The van der Waals surface area contributed by atoms with Crippen LogP contribution in [0.2, 0.25) is 5.02 Å². The molecule has 0 saturated carbocycles. The highest BCUT2D eigenvalue weighted by molar-refractivity contribution is 6.31. The summed E-state index contributed by atoms with van der Waals surface area (Å²) in [6.45, 7) is 0.172. The molecule has 0 unspecified atom stereocenters. The van der Waals surface area contributed by atoms with Gasteiger partial charge in [-0.2, -0.15) is 0 Å². The van der Waals surface area contributed by atoms with Gasteiger partial charge in [-0.15, -0.1) is 0 Å². The zero-order valence-electron chi connectivity index (χ0n) is 12.7. The Bertz CT molecular complexity index is 731. The monoisotopic (exact) mass is 334 g/mol. The smallest absolute Gasteiger partial charge is 0.269 e. The molecule has 1 amide bonds. The molecule has 0 heterocycles. The molecule has 0 bridgehead atoms. The van der Waals surface area contributed by atoms with Crippen LogP contribution in [-0.4, -0.2) is 29.9 Å². The summed E-state index contributed by atoms with van der Waals surface area (Å²) in [5, 5.41) is 11.2. The summed E-state index contributed by atoms with van der Waals surface area (Å²) in [4.78, 5) is 24.2. The second-order valence-electron chi connectivity index (χ2n) is 4.92. The Hall–Kier alpha value is -2.60. The molecule has 0 atom stereocenters. The number of nitro benzene ring substituents is 1. The molecule has 2 aromatic carbocycles. The SMILES string of the molecule is COc1ccc(C(=O)N(C)Cc2cc([N+](=O)[O-])ccc2Cl)cc1. The fourth-order valence-corrected chi connectivity index (χ4v) is 2.25. The molecule has 120 valence electrons. The number of nitrogens with zero attached hydrogens (tertiary/aromatic N) is 2. The summed E-state index contributed by atoms with van der Waals surface area (Å²) in [6.07, 6.45) is 0. The van der Waals surface area contributed by atoms with Crippen LogP contribution >= 0.6 is 11.6 Å². The van der Waals surface area contributed by atoms with E-state index in [-0.39, 0.29) is 18.1 Å². The zero-order valence-corrected chi connectivity index (χ0v) is 13.4. The number of amides is 1. The zero-order chi connectivity index (χ0) is 17.0. The molecule has 23 heavy (non-hydrogen) atoms. The third kappa shape index (κ3) is 3.98. The number of methoxy groups -OCH3 is 1. The fraction of sp³-hybridized carbons (Fsp3) is 0.188. The number of ether oxygens (including phenoxy) is 1. The summed E-state index contributed by atoms with van der Waals surface area (Å²) < 4.78 is 5.05. The first-order valence-electron chi connectivity index (χ1n) is 6.74. The summed E-state index contributed by atoms with van der Waals surface area (Å²) in [5.41, 5.74) is 0.953. The molecular formula is C16H15ClN2O4. The second kappa shape index (κ2) is 7.11. The molecule has 6 nitrogen and oxygen atoms in total. The van der Waals surface area contributed by atoms with Crippen LogP contribution in [0.1, 0.15) is 15.9 Å². The van der Waals surface area contributed by atoms with E-state index in [0.29, 0.717) is 21.9 Å². The van der Waals surface area contributed by atoms with E-state index in [1.54, 1.807) is 38.4 Å². The van der Waals surface area contributed by atoms with Gasteiger partial charge in [-0.05, 0) is 35.9 Å². The Labute approximate surface area is 138 Å². The maximum atomic E-state index is 12.4. The number of non-ortho nitro benzene ring substituents is 1. The first-order chi connectivity index (χ1) is 10.9. The third-order valence-corrected chi connectivity index (χ3v) is 3.70. The van der Waals surface area contributed by atoms with Gasteiger partial charge in [0.25, 0.3) is 11.6 Å². The van der Waals surface area contributed by atoms with E-state index in [2.05, 4.69) is 0 Å².